The van der Waals surface area contributed by atoms with Crippen LogP contribution in [0.4, 0.5) is 5.95 Å². The predicted molar refractivity (Wildman–Crippen MR) is 119 cm³/mol. The van der Waals surface area contributed by atoms with Crippen LogP contribution in [0, 0.1) is 0 Å². The highest BCUT2D eigenvalue weighted by Gasteiger charge is 2.36. The Hall–Kier alpha value is -3.88. The Morgan fingerprint density at radius 3 is 2.55 bits per heavy atom. The van der Waals surface area contributed by atoms with Gasteiger partial charge in [0.2, 0.25) is 11.9 Å². The van der Waals surface area contributed by atoms with Gasteiger partial charge < -0.3 is 5.32 Å². The third kappa shape index (κ3) is 2.84. The number of hydrogen-bond acceptors (Lipinski definition) is 7. The zero-order chi connectivity index (χ0) is 20.9. The molecule has 9 nitrogen and oxygen atoms in total. The SMILES string of the molecule is CC(C)c1ccc([C@H]2NC3=NCN(n4cnnc4)CN3c3nc4ccccc4n32)cc1. The van der Waals surface area contributed by atoms with Crippen molar-refractivity contribution >= 4 is 22.9 Å². The molecule has 156 valence electrons. The molecule has 0 radical (unpaired) electrons. The summed E-state index contributed by atoms with van der Waals surface area (Å²) in [7, 11) is 0. The minimum absolute atomic E-state index is 0.0833. The van der Waals surface area contributed by atoms with E-state index < -0.39 is 0 Å². The molecule has 0 unspecified atom stereocenters. The Morgan fingerprint density at radius 1 is 1.00 bits per heavy atom. The topological polar surface area (TPSA) is 79.4 Å². The van der Waals surface area contributed by atoms with Crippen molar-refractivity contribution in [3.63, 3.8) is 0 Å². The minimum atomic E-state index is -0.0833. The van der Waals surface area contributed by atoms with Gasteiger partial charge in [0.15, 0.2) is 0 Å². The lowest BCUT2D eigenvalue weighted by atomic mass is 10.0. The van der Waals surface area contributed by atoms with Gasteiger partial charge in [-0.25, -0.2) is 14.7 Å². The van der Waals surface area contributed by atoms with E-state index in [1.165, 1.54) is 11.1 Å². The molecule has 6 rings (SSSR count). The molecule has 2 aliphatic rings. The van der Waals surface area contributed by atoms with E-state index in [1.54, 1.807) is 12.7 Å². The van der Waals surface area contributed by atoms with E-state index in [2.05, 4.69) is 81.3 Å². The Kier molecular flexibility index (Phi) is 3.95. The van der Waals surface area contributed by atoms with Crippen molar-refractivity contribution in [1.29, 1.82) is 0 Å². The van der Waals surface area contributed by atoms with E-state index in [1.807, 2.05) is 15.8 Å². The van der Waals surface area contributed by atoms with Crippen molar-refractivity contribution < 1.29 is 0 Å². The first-order valence-electron chi connectivity index (χ1n) is 10.4. The molecule has 1 atom stereocenters. The molecule has 0 saturated carbocycles. The van der Waals surface area contributed by atoms with Gasteiger partial charge in [-0.1, -0.05) is 50.2 Å². The van der Waals surface area contributed by atoms with Crippen molar-refractivity contribution in [2.75, 3.05) is 23.2 Å². The number of hydrogen-bond donors (Lipinski definition) is 1. The van der Waals surface area contributed by atoms with Gasteiger partial charge in [-0.05, 0) is 29.2 Å². The molecule has 31 heavy (non-hydrogen) atoms. The highest BCUT2D eigenvalue weighted by Crippen LogP contribution is 2.34. The van der Waals surface area contributed by atoms with Crippen molar-refractivity contribution in [2.45, 2.75) is 25.9 Å². The first-order valence-corrected chi connectivity index (χ1v) is 10.4. The normalized spacial score (nSPS) is 18.0. The first-order chi connectivity index (χ1) is 15.2. The molecule has 0 aliphatic carbocycles. The number of fused-ring (bicyclic) bond motifs is 5. The highest BCUT2D eigenvalue weighted by atomic mass is 15.7. The van der Waals surface area contributed by atoms with Gasteiger partial charge in [0.25, 0.3) is 0 Å². The zero-order valence-electron chi connectivity index (χ0n) is 17.4. The molecule has 2 aromatic carbocycles. The number of para-hydroxylation sites is 2. The van der Waals surface area contributed by atoms with Crippen molar-refractivity contribution in [1.82, 2.24) is 29.7 Å². The minimum Gasteiger partial charge on any atom is -0.331 e. The Morgan fingerprint density at radius 2 is 1.77 bits per heavy atom. The fourth-order valence-electron chi connectivity index (χ4n) is 4.24. The first kappa shape index (κ1) is 17.9. The molecule has 4 heterocycles. The van der Waals surface area contributed by atoms with Gasteiger partial charge in [0.05, 0.1) is 11.0 Å². The smallest absolute Gasteiger partial charge is 0.217 e. The summed E-state index contributed by atoms with van der Waals surface area (Å²) in [6.45, 7) is 5.53. The van der Waals surface area contributed by atoms with Crippen LogP contribution in [0.2, 0.25) is 0 Å². The predicted octanol–water partition coefficient (Wildman–Crippen LogP) is 2.63. The summed E-state index contributed by atoms with van der Waals surface area (Å²) in [5.74, 6) is 2.19. The molecular weight excluding hydrogens is 390 g/mol. The van der Waals surface area contributed by atoms with Crippen LogP contribution in [-0.4, -0.2) is 43.7 Å². The fourth-order valence-corrected chi connectivity index (χ4v) is 4.24. The maximum atomic E-state index is 4.98. The number of benzene rings is 2. The van der Waals surface area contributed by atoms with Crippen LogP contribution >= 0.6 is 0 Å². The third-order valence-corrected chi connectivity index (χ3v) is 5.94. The van der Waals surface area contributed by atoms with Gasteiger partial charge in [0, 0.05) is 0 Å². The molecular formula is C22H23N9. The number of nitrogens with zero attached hydrogens (tertiary/aromatic N) is 8. The van der Waals surface area contributed by atoms with Crippen molar-refractivity contribution in [3.05, 3.63) is 72.3 Å². The van der Waals surface area contributed by atoms with E-state index in [4.69, 9.17) is 9.98 Å². The van der Waals surface area contributed by atoms with Crippen LogP contribution < -0.4 is 15.2 Å². The van der Waals surface area contributed by atoms with Crippen LogP contribution in [0.5, 0.6) is 0 Å². The van der Waals surface area contributed by atoms with Crippen molar-refractivity contribution in [2.24, 2.45) is 4.99 Å². The second-order valence-electron chi connectivity index (χ2n) is 8.18. The fraction of sp³-hybridized carbons (Fsp3) is 0.273. The summed E-state index contributed by atoms with van der Waals surface area (Å²) in [6, 6.07) is 17.1. The Labute approximate surface area is 179 Å². The van der Waals surface area contributed by atoms with E-state index in [0.717, 1.165) is 22.9 Å². The van der Waals surface area contributed by atoms with Gasteiger partial charge in [-0.2, -0.15) is 0 Å². The number of guanidine groups is 1. The van der Waals surface area contributed by atoms with E-state index in [0.29, 0.717) is 19.3 Å². The number of aromatic nitrogens is 5. The Balaban J connectivity index is 1.47. The summed E-state index contributed by atoms with van der Waals surface area (Å²) >= 11 is 0. The molecule has 1 N–H and O–H groups in total. The standard InChI is InChI=1S/C22H23N9/c1-15(2)16-7-9-17(10-8-16)20-27-21-23-11-29(28-12-24-25-13-28)14-30(21)22-26-18-5-3-4-6-19(18)31(20)22/h3-10,12-13,15,20H,11,14H2,1-2H3,(H,23,27)/t20-/m0/s1. The van der Waals surface area contributed by atoms with Gasteiger partial charge in [0.1, 0.15) is 32.2 Å². The number of nitrogens with one attached hydrogen (secondary N) is 1. The maximum Gasteiger partial charge on any atom is 0.217 e. The molecule has 2 aromatic heterocycles. The van der Waals surface area contributed by atoms with E-state index in [-0.39, 0.29) is 6.17 Å². The van der Waals surface area contributed by atoms with Crippen LogP contribution in [0.3, 0.4) is 0 Å². The molecule has 9 heteroatoms. The zero-order valence-corrected chi connectivity index (χ0v) is 17.4. The molecule has 0 saturated heterocycles. The lowest BCUT2D eigenvalue weighted by Crippen LogP contribution is -2.59. The maximum absolute atomic E-state index is 4.98. The lowest BCUT2D eigenvalue weighted by Gasteiger charge is -2.42. The average molecular weight is 413 g/mol. The van der Waals surface area contributed by atoms with Crippen LogP contribution in [-0.2, 0) is 0 Å². The van der Waals surface area contributed by atoms with Crippen molar-refractivity contribution in [3.8, 4) is 0 Å². The average Bonchev–Trinajstić information content (AvgIpc) is 3.47. The summed E-state index contributed by atoms with van der Waals surface area (Å²) in [6.07, 6.45) is 3.28. The molecule has 0 fully saturated rings. The molecule has 2 aliphatic heterocycles. The molecule has 0 amide bonds. The number of anilines is 1. The number of imidazole rings is 1. The second kappa shape index (κ2) is 6.83. The highest BCUT2D eigenvalue weighted by molar-refractivity contribution is 5.99. The molecule has 0 spiro atoms. The van der Waals surface area contributed by atoms with Crippen LogP contribution in [0.1, 0.15) is 37.1 Å². The van der Waals surface area contributed by atoms with E-state index in [9.17, 15) is 0 Å². The van der Waals surface area contributed by atoms with E-state index >= 15 is 0 Å². The van der Waals surface area contributed by atoms with Crippen LogP contribution in [0.25, 0.3) is 11.0 Å². The van der Waals surface area contributed by atoms with Gasteiger partial charge >= 0.3 is 0 Å². The number of rotatable bonds is 3. The van der Waals surface area contributed by atoms with Gasteiger partial charge in [-0.3, -0.25) is 14.5 Å². The largest absolute Gasteiger partial charge is 0.331 e. The molecule has 4 aromatic rings. The monoisotopic (exact) mass is 413 g/mol. The second-order valence-corrected chi connectivity index (χ2v) is 8.18. The van der Waals surface area contributed by atoms with Gasteiger partial charge in [-0.15, -0.1) is 10.2 Å². The summed E-state index contributed by atoms with van der Waals surface area (Å²) in [5.41, 5.74) is 4.56. The molecule has 0 bridgehead atoms. The Bertz CT molecular complexity index is 1250. The third-order valence-electron chi connectivity index (χ3n) is 5.94. The quantitative estimate of drug-likeness (QED) is 0.556. The lowest BCUT2D eigenvalue weighted by molar-refractivity contribution is 0.495. The number of aliphatic imine (C=N–C) groups is 1. The summed E-state index contributed by atoms with van der Waals surface area (Å²) in [4.78, 5) is 11.9. The summed E-state index contributed by atoms with van der Waals surface area (Å²) < 4.78 is 4.11. The van der Waals surface area contributed by atoms with Crippen LogP contribution in [0.15, 0.2) is 66.2 Å². The summed E-state index contributed by atoms with van der Waals surface area (Å²) in [5, 5.41) is 13.5.